The van der Waals surface area contributed by atoms with Crippen molar-refractivity contribution in [3.8, 4) is 22.3 Å². The van der Waals surface area contributed by atoms with Crippen molar-refractivity contribution in [3.63, 3.8) is 0 Å². The Morgan fingerprint density at radius 1 is 0.623 bits per heavy atom. The van der Waals surface area contributed by atoms with Gasteiger partial charge in [-0.25, -0.2) is 0 Å². The molecule has 1 spiro atoms. The molecule has 3 heteroatoms. The Morgan fingerprint density at radius 3 is 2.15 bits per heavy atom. The van der Waals surface area contributed by atoms with Crippen molar-refractivity contribution in [2.45, 2.75) is 57.8 Å². The number of fused-ring (bicyclic) bond motifs is 14. The number of allylic oxidation sites excluding steroid dienone is 2. The molecule has 1 aromatic heterocycles. The average Bonchev–Trinajstić information content (AvgIpc) is 3.75. The molecule has 4 aliphatic carbocycles. The first-order valence-electron chi connectivity index (χ1n) is 19.3. The van der Waals surface area contributed by atoms with Crippen molar-refractivity contribution >= 4 is 50.6 Å². The zero-order valence-electron chi connectivity index (χ0n) is 30.7. The molecule has 0 N–H and O–H groups in total. The molecule has 7 aromatic rings. The molecule has 4 unspecified atom stereocenters. The number of furan rings is 1. The van der Waals surface area contributed by atoms with Crippen molar-refractivity contribution in [3.05, 3.63) is 160 Å². The van der Waals surface area contributed by atoms with Crippen LogP contribution in [0.1, 0.15) is 69.2 Å². The number of rotatable bonds is 3. The third kappa shape index (κ3) is 4.28. The Labute approximate surface area is 316 Å². The van der Waals surface area contributed by atoms with Gasteiger partial charge in [-0.1, -0.05) is 117 Å². The summed E-state index contributed by atoms with van der Waals surface area (Å²) in [5, 5.41) is 3.00. The van der Waals surface area contributed by atoms with Crippen LogP contribution in [-0.4, -0.2) is 0 Å². The van der Waals surface area contributed by atoms with Crippen LogP contribution >= 0.6 is 11.6 Å². The van der Waals surface area contributed by atoms with Crippen LogP contribution in [0.2, 0.25) is 5.02 Å². The highest BCUT2D eigenvalue weighted by molar-refractivity contribution is 6.34. The molecule has 0 amide bonds. The van der Waals surface area contributed by atoms with Gasteiger partial charge in [-0.3, -0.25) is 0 Å². The Kier molecular flexibility index (Phi) is 6.53. The summed E-state index contributed by atoms with van der Waals surface area (Å²) in [6, 6.07) is 44.7. The van der Waals surface area contributed by atoms with Crippen LogP contribution in [0.15, 0.2) is 137 Å². The van der Waals surface area contributed by atoms with Crippen LogP contribution in [0.25, 0.3) is 44.2 Å². The number of halogens is 1. The minimum absolute atomic E-state index is 0.137. The molecule has 0 saturated heterocycles. The lowest BCUT2D eigenvalue weighted by Crippen LogP contribution is -2.42. The molecule has 4 atom stereocenters. The Bertz CT molecular complexity index is 2710. The molecule has 1 fully saturated rings. The number of para-hydroxylation sites is 1. The fourth-order valence-corrected chi connectivity index (χ4v) is 11.4. The van der Waals surface area contributed by atoms with E-state index < -0.39 is 0 Å². The van der Waals surface area contributed by atoms with Crippen LogP contribution < -0.4 is 4.90 Å². The fourth-order valence-electron chi connectivity index (χ4n) is 11.2. The van der Waals surface area contributed by atoms with Gasteiger partial charge in [-0.2, -0.15) is 0 Å². The second kappa shape index (κ2) is 11.0. The minimum atomic E-state index is -0.184. The van der Waals surface area contributed by atoms with Crippen LogP contribution in [-0.2, 0) is 10.8 Å². The molecule has 0 radical (unpaired) electrons. The zero-order valence-corrected chi connectivity index (χ0v) is 31.5. The predicted molar refractivity (Wildman–Crippen MR) is 221 cm³/mol. The molecule has 1 saturated carbocycles. The highest BCUT2D eigenvalue weighted by Gasteiger charge is 2.52. The van der Waals surface area contributed by atoms with E-state index in [9.17, 15) is 0 Å². The van der Waals surface area contributed by atoms with E-state index in [4.69, 9.17) is 16.0 Å². The largest absolute Gasteiger partial charge is 0.456 e. The molecule has 4 aliphatic rings. The fraction of sp³-hybridized carbons (Fsp3) is 0.240. The molecule has 6 aromatic carbocycles. The van der Waals surface area contributed by atoms with E-state index in [0.29, 0.717) is 17.8 Å². The summed E-state index contributed by atoms with van der Waals surface area (Å²) in [6.45, 7) is 9.55. The molecule has 260 valence electrons. The SMILES string of the molecule is CC1=CC2(c3ccccc3-c3cc(Cl)c(N(c4ccc5c(c4)C(C)(C)c4ccccc4-5)c4ccc5c(c4)oc4ccccc45)cc32)C2CC(C)CC1C2. The van der Waals surface area contributed by atoms with Crippen molar-refractivity contribution in [2.75, 3.05) is 4.90 Å². The Morgan fingerprint density at radius 2 is 1.30 bits per heavy atom. The van der Waals surface area contributed by atoms with Gasteiger partial charge in [-0.15, -0.1) is 0 Å². The van der Waals surface area contributed by atoms with Crippen LogP contribution in [0.5, 0.6) is 0 Å². The third-order valence-corrected chi connectivity index (χ3v) is 13.9. The normalized spacial score (nSPS) is 23.1. The zero-order chi connectivity index (χ0) is 35.8. The summed E-state index contributed by atoms with van der Waals surface area (Å²) < 4.78 is 6.50. The standard InChI is InChI=1S/C50H42ClNO/c1-29-21-31-23-32(22-29)50(28-30(31)2)42-15-9-6-12-36(42)40-26-45(51)46(27-44(40)50)52(34-18-20-39-38-13-7-10-16-47(38)53-48(39)25-34)33-17-19-37-35-11-5-8-14-41(35)49(3,4)43(37)24-33/h5-20,24-29,31-32H,21-23H2,1-4H3. The first-order valence-corrected chi connectivity index (χ1v) is 19.7. The molecule has 0 aliphatic heterocycles. The lowest BCUT2D eigenvalue weighted by Gasteiger charge is -2.49. The van der Waals surface area contributed by atoms with Crippen molar-refractivity contribution in [1.82, 2.24) is 0 Å². The number of benzene rings is 6. The maximum atomic E-state index is 7.60. The topological polar surface area (TPSA) is 16.4 Å². The van der Waals surface area contributed by atoms with Gasteiger partial charge in [0.15, 0.2) is 0 Å². The van der Waals surface area contributed by atoms with Crippen LogP contribution in [0, 0.1) is 17.8 Å². The van der Waals surface area contributed by atoms with Gasteiger partial charge in [0.05, 0.1) is 10.7 Å². The first kappa shape index (κ1) is 31.5. The van der Waals surface area contributed by atoms with Gasteiger partial charge in [-0.05, 0) is 131 Å². The second-order valence-corrected chi connectivity index (χ2v) is 17.3. The number of anilines is 3. The van der Waals surface area contributed by atoms with Gasteiger partial charge >= 0.3 is 0 Å². The molecule has 11 rings (SSSR count). The van der Waals surface area contributed by atoms with E-state index in [1.165, 1.54) is 63.8 Å². The Balaban J connectivity index is 1.17. The number of nitrogens with zero attached hydrogens (tertiary/aromatic N) is 1. The van der Waals surface area contributed by atoms with Gasteiger partial charge in [0.1, 0.15) is 11.2 Å². The first-order chi connectivity index (χ1) is 25.7. The third-order valence-electron chi connectivity index (χ3n) is 13.6. The van der Waals surface area contributed by atoms with Gasteiger partial charge < -0.3 is 9.32 Å². The molecule has 2 nitrogen and oxygen atoms in total. The van der Waals surface area contributed by atoms with E-state index in [1.807, 2.05) is 6.07 Å². The lowest BCUT2D eigenvalue weighted by molar-refractivity contribution is 0.168. The van der Waals surface area contributed by atoms with Crippen LogP contribution in [0.3, 0.4) is 0 Å². The van der Waals surface area contributed by atoms with Gasteiger partial charge in [0.25, 0.3) is 0 Å². The van der Waals surface area contributed by atoms with Crippen molar-refractivity contribution in [2.24, 2.45) is 17.8 Å². The maximum absolute atomic E-state index is 7.60. The molecule has 1 heterocycles. The monoisotopic (exact) mass is 707 g/mol. The summed E-state index contributed by atoms with van der Waals surface area (Å²) in [6.07, 6.45) is 6.44. The van der Waals surface area contributed by atoms with E-state index in [-0.39, 0.29) is 10.8 Å². The van der Waals surface area contributed by atoms with E-state index in [1.54, 1.807) is 5.57 Å². The number of hydrogen-bond donors (Lipinski definition) is 0. The highest BCUT2D eigenvalue weighted by atomic mass is 35.5. The van der Waals surface area contributed by atoms with Crippen molar-refractivity contribution in [1.29, 1.82) is 0 Å². The van der Waals surface area contributed by atoms with E-state index in [2.05, 4.69) is 154 Å². The highest BCUT2D eigenvalue weighted by Crippen LogP contribution is 2.63. The summed E-state index contributed by atoms with van der Waals surface area (Å²) in [5.41, 5.74) is 16.9. The quantitative estimate of drug-likeness (QED) is 0.170. The van der Waals surface area contributed by atoms with Crippen molar-refractivity contribution < 1.29 is 4.42 Å². The molecular formula is C50H42ClNO. The summed E-state index contributed by atoms with van der Waals surface area (Å²) in [7, 11) is 0. The average molecular weight is 708 g/mol. The summed E-state index contributed by atoms with van der Waals surface area (Å²) in [4.78, 5) is 2.39. The number of hydrogen-bond acceptors (Lipinski definition) is 2. The lowest BCUT2D eigenvalue weighted by atomic mass is 9.55. The van der Waals surface area contributed by atoms with E-state index in [0.717, 1.165) is 44.0 Å². The molecule has 2 bridgehead atoms. The van der Waals surface area contributed by atoms with Gasteiger partial charge in [0, 0.05) is 39.0 Å². The second-order valence-electron chi connectivity index (χ2n) is 16.9. The summed E-state index contributed by atoms with van der Waals surface area (Å²) >= 11 is 7.60. The maximum Gasteiger partial charge on any atom is 0.137 e. The Hall–Kier alpha value is -5.05. The van der Waals surface area contributed by atoms with E-state index >= 15 is 0 Å². The molecular weight excluding hydrogens is 666 g/mol. The van der Waals surface area contributed by atoms with Gasteiger partial charge in [0.2, 0.25) is 0 Å². The van der Waals surface area contributed by atoms with Crippen LogP contribution in [0.4, 0.5) is 17.1 Å². The predicted octanol–water partition coefficient (Wildman–Crippen LogP) is 14.3. The molecule has 53 heavy (non-hydrogen) atoms. The smallest absolute Gasteiger partial charge is 0.137 e. The minimum Gasteiger partial charge on any atom is -0.456 e. The summed E-state index contributed by atoms with van der Waals surface area (Å²) in [5.74, 6) is 1.91.